The molecule has 0 aromatic rings. The average Bonchev–Trinajstić information content (AvgIpc) is 2.45. The fourth-order valence-corrected chi connectivity index (χ4v) is 1.69. The number of nitrogens with one attached hydrogen (secondary N) is 1. The molecule has 0 aliphatic carbocycles. The first-order valence-corrected chi connectivity index (χ1v) is 4.82. The van der Waals surface area contributed by atoms with Gasteiger partial charge in [0.05, 0.1) is 7.11 Å². The van der Waals surface area contributed by atoms with Gasteiger partial charge in [-0.25, -0.2) is 4.79 Å². The van der Waals surface area contributed by atoms with E-state index in [1.165, 1.54) is 12.0 Å². The van der Waals surface area contributed by atoms with Crippen molar-refractivity contribution in [2.24, 2.45) is 0 Å². The van der Waals surface area contributed by atoms with E-state index < -0.39 is 18.1 Å². The van der Waals surface area contributed by atoms with Gasteiger partial charge in [0.25, 0.3) is 0 Å². The van der Waals surface area contributed by atoms with Gasteiger partial charge in [-0.05, 0) is 13.3 Å². The molecular weight excluding hydrogens is 216 g/mol. The van der Waals surface area contributed by atoms with Gasteiger partial charge in [-0.1, -0.05) is 0 Å². The summed E-state index contributed by atoms with van der Waals surface area (Å²) >= 11 is 0. The van der Waals surface area contributed by atoms with Crippen molar-refractivity contribution in [3.8, 4) is 0 Å². The van der Waals surface area contributed by atoms with Gasteiger partial charge in [0.15, 0.2) is 0 Å². The Morgan fingerprint density at radius 3 is 2.75 bits per heavy atom. The van der Waals surface area contributed by atoms with Crippen molar-refractivity contribution < 1.29 is 24.2 Å². The van der Waals surface area contributed by atoms with Crippen LogP contribution in [0.15, 0.2) is 0 Å². The fraction of sp³-hybridized carbons (Fsp3) is 0.667. The van der Waals surface area contributed by atoms with Crippen LogP contribution in [0.3, 0.4) is 0 Å². The van der Waals surface area contributed by atoms with E-state index in [1.54, 1.807) is 6.92 Å². The number of hydrogen-bond donors (Lipinski definition) is 2. The first-order valence-electron chi connectivity index (χ1n) is 4.82. The highest BCUT2D eigenvalue weighted by Crippen LogP contribution is 2.18. The molecule has 7 nitrogen and oxygen atoms in total. The van der Waals surface area contributed by atoms with Gasteiger partial charge in [-0.3, -0.25) is 9.59 Å². The fourth-order valence-electron chi connectivity index (χ4n) is 1.69. The van der Waals surface area contributed by atoms with E-state index in [2.05, 4.69) is 10.1 Å². The van der Waals surface area contributed by atoms with Crippen LogP contribution in [0.2, 0.25) is 0 Å². The Morgan fingerprint density at radius 1 is 1.62 bits per heavy atom. The van der Waals surface area contributed by atoms with Gasteiger partial charge in [0.1, 0.15) is 12.6 Å². The van der Waals surface area contributed by atoms with E-state index in [0.717, 1.165) is 0 Å². The van der Waals surface area contributed by atoms with Gasteiger partial charge in [0, 0.05) is 6.04 Å². The number of ether oxygens (including phenoxy) is 1. The molecule has 0 saturated carbocycles. The van der Waals surface area contributed by atoms with E-state index in [4.69, 9.17) is 5.11 Å². The van der Waals surface area contributed by atoms with Crippen LogP contribution in [0.4, 0.5) is 4.79 Å². The van der Waals surface area contributed by atoms with Crippen molar-refractivity contribution in [3.05, 3.63) is 0 Å². The monoisotopic (exact) mass is 230 g/mol. The third-order valence-electron chi connectivity index (χ3n) is 2.47. The SMILES string of the molecule is COC(=O)NC1CC(C)N(CC(=O)O)C1=O. The van der Waals surface area contributed by atoms with Gasteiger partial charge < -0.3 is 20.1 Å². The smallest absolute Gasteiger partial charge is 0.407 e. The number of aliphatic carboxylic acids is 1. The molecule has 2 atom stereocenters. The summed E-state index contributed by atoms with van der Waals surface area (Å²) in [6, 6.07) is -0.896. The number of likely N-dealkylation sites (tertiary alicyclic amines) is 1. The number of carbonyl (C=O) groups is 3. The minimum Gasteiger partial charge on any atom is -0.480 e. The Bertz CT molecular complexity index is 317. The Balaban J connectivity index is 2.63. The molecule has 2 unspecified atom stereocenters. The van der Waals surface area contributed by atoms with Gasteiger partial charge in [-0.2, -0.15) is 0 Å². The molecule has 2 N–H and O–H groups in total. The number of rotatable bonds is 3. The number of nitrogens with zero attached hydrogens (tertiary/aromatic N) is 1. The summed E-state index contributed by atoms with van der Waals surface area (Å²) in [5.74, 6) is -1.46. The Hall–Kier alpha value is -1.79. The number of carbonyl (C=O) groups excluding carboxylic acids is 2. The van der Waals surface area contributed by atoms with Crippen LogP contribution in [-0.4, -0.2) is 53.7 Å². The Kier molecular flexibility index (Phi) is 3.70. The normalized spacial score (nSPS) is 24.4. The zero-order chi connectivity index (χ0) is 12.3. The van der Waals surface area contributed by atoms with E-state index in [9.17, 15) is 14.4 Å². The lowest BCUT2D eigenvalue weighted by atomic mass is 10.2. The van der Waals surface area contributed by atoms with Crippen LogP contribution in [0.1, 0.15) is 13.3 Å². The second kappa shape index (κ2) is 4.82. The summed E-state index contributed by atoms with van der Waals surface area (Å²) in [5, 5.41) is 11.0. The molecule has 90 valence electrons. The van der Waals surface area contributed by atoms with Gasteiger partial charge >= 0.3 is 12.1 Å². The second-order valence-electron chi connectivity index (χ2n) is 3.63. The molecule has 1 rings (SSSR count). The van der Waals surface area contributed by atoms with E-state index in [-0.39, 0.29) is 18.5 Å². The van der Waals surface area contributed by atoms with Crippen molar-refractivity contribution in [2.75, 3.05) is 13.7 Å². The molecule has 16 heavy (non-hydrogen) atoms. The molecule has 1 heterocycles. The largest absolute Gasteiger partial charge is 0.480 e. The molecule has 1 aliphatic rings. The molecule has 0 radical (unpaired) electrons. The first kappa shape index (κ1) is 12.3. The molecular formula is C9H14N2O5. The number of alkyl carbamates (subject to hydrolysis) is 1. The summed E-state index contributed by atoms with van der Waals surface area (Å²) in [5.41, 5.74) is 0. The highest BCUT2D eigenvalue weighted by molar-refractivity contribution is 5.90. The van der Waals surface area contributed by atoms with E-state index in [1.807, 2.05) is 0 Å². The highest BCUT2D eigenvalue weighted by Gasteiger charge is 2.38. The molecule has 7 heteroatoms. The topological polar surface area (TPSA) is 95.9 Å². The molecule has 0 aromatic carbocycles. The summed E-state index contributed by atoms with van der Waals surface area (Å²) in [7, 11) is 1.20. The average molecular weight is 230 g/mol. The van der Waals surface area contributed by atoms with Crippen LogP contribution < -0.4 is 5.32 Å². The van der Waals surface area contributed by atoms with Crippen molar-refractivity contribution in [1.82, 2.24) is 10.2 Å². The number of carboxylic acids is 1. The molecule has 1 aliphatic heterocycles. The maximum atomic E-state index is 11.7. The van der Waals surface area contributed by atoms with Crippen molar-refractivity contribution >= 4 is 18.0 Å². The van der Waals surface area contributed by atoms with Crippen LogP contribution in [0.25, 0.3) is 0 Å². The third-order valence-corrected chi connectivity index (χ3v) is 2.47. The van der Waals surface area contributed by atoms with Crippen molar-refractivity contribution in [1.29, 1.82) is 0 Å². The van der Waals surface area contributed by atoms with E-state index in [0.29, 0.717) is 6.42 Å². The predicted octanol–water partition coefficient (Wildman–Crippen LogP) is -0.584. The van der Waals surface area contributed by atoms with Gasteiger partial charge in [-0.15, -0.1) is 0 Å². The van der Waals surface area contributed by atoms with Crippen molar-refractivity contribution in [2.45, 2.75) is 25.4 Å². The highest BCUT2D eigenvalue weighted by atomic mass is 16.5. The van der Waals surface area contributed by atoms with E-state index >= 15 is 0 Å². The van der Waals surface area contributed by atoms with Crippen LogP contribution >= 0.6 is 0 Å². The standard InChI is InChI=1S/C9H14N2O5/c1-5-3-6(10-9(15)16-2)8(14)11(5)4-7(12)13/h5-6H,3-4H2,1-2H3,(H,10,15)(H,12,13). The lowest BCUT2D eigenvalue weighted by molar-refractivity contribution is -0.144. The molecule has 0 bridgehead atoms. The quantitative estimate of drug-likeness (QED) is 0.676. The van der Waals surface area contributed by atoms with Crippen LogP contribution in [0, 0.1) is 0 Å². The summed E-state index contributed by atoms with van der Waals surface area (Å²) in [6.45, 7) is 1.39. The molecule has 0 spiro atoms. The Morgan fingerprint density at radius 2 is 2.25 bits per heavy atom. The third kappa shape index (κ3) is 2.62. The first-order chi connectivity index (χ1) is 7.45. The lowest BCUT2D eigenvalue weighted by Gasteiger charge is -2.18. The zero-order valence-corrected chi connectivity index (χ0v) is 9.10. The summed E-state index contributed by atoms with van der Waals surface area (Å²) in [6.07, 6.45) is -0.302. The van der Waals surface area contributed by atoms with Crippen LogP contribution in [0.5, 0.6) is 0 Å². The zero-order valence-electron chi connectivity index (χ0n) is 9.10. The van der Waals surface area contributed by atoms with Crippen molar-refractivity contribution in [3.63, 3.8) is 0 Å². The second-order valence-corrected chi connectivity index (χ2v) is 3.63. The maximum absolute atomic E-state index is 11.7. The molecule has 2 amide bonds. The minimum absolute atomic E-state index is 0.203. The molecule has 1 fully saturated rings. The molecule has 0 aromatic heterocycles. The predicted molar refractivity (Wildman–Crippen MR) is 52.8 cm³/mol. The number of carboxylic acid groups (broad SMARTS) is 1. The summed E-state index contributed by atoms with van der Waals surface area (Å²) < 4.78 is 4.37. The maximum Gasteiger partial charge on any atom is 0.407 e. The van der Waals surface area contributed by atoms with Gasteiger partial charge in [0.2, 0.25) is 5.91 Å². The summed E-state index contributed by atoms with van der Waals surface area (Å²) in [4.78, 5) is 34.4. The Labute approximate surface area is 92.4 Å². The number of amides is 2. The molecule has 1 saturated heterocycles. The van der Waals surface area contributed by atoms with Crippen LogP contribution in [-0.2, 0) is 14.3 Å². The minimum atomic E-state index is -1.07. The number of methoxy groups -OCH3 is 1. The lowest BCUT2D eigenvalue weighted by Crippen LogP contribution is -2.43. The number of hydrogen-bond acceptors (Lipinski definition) is 4.